The maximum absolute atomic E-state index is 10.7. The van der Waals surface area contributed by atoms with Crippen molar-refractivity contribution in [2.45, 2.75) is 32.9 Å². The molecule has 31 heavy (non-hydrogen) atoms. The van der Waals surface area contributed by atoms with Crippen LogP contribution in [-0.2, 0) is 11.3 Å². The van der Waals surface area contributed by atoms with Crippen molar-refractivity contribution < 1.29 is 48.7 Å². The summed E-state index contributed by atoms with van der Waals surface area (Å²) in [5.41, 5.74) is 2.25. The fourth-order valence-corrected chi connectivity index (χ4v) is 3.27. The average Bonchev–Trinajstić information content (AvgIpc) is 3.34. The Labute approximate surface area is 205 Å². The molecule has 2 heterocycles. The van der Waals surface area contributed by atoms with Crippen LogP contribution in [0, 0.1) is 0 Å². The van der Waals surface area contributed by atoms with E-state index in [1.54, 1.807) is 23.0 Å². The quantitative estimate of drug-likeness (QED) is 0.375. The number of aromatic nitrogens is 4. The number of carbonyl (C=O) groups excluding carboxylic acids is 1. The fraction of sp³-hybridized carbons (Fsp3) is 0.238. The molecule has 0 fully saturated rings. The molecule has 0 saturated heterocycles. The summed E-state index contributed by atoms with van der Waals surface area (Å²) in [5, 5.41) is 20.3. The van der Waals surface area contributed by atoms with E-state index in [1.807, 2.05) is 38.1 Å². The van der Waals surface area contributed by atoms with Gasteiger partial charge in [-0.15, -0.1) is 0 Å². The normalized spacial score (nSPS) is 11.0. The van der Waals surface area contributed by atoms with E-state index in [1.165, 1.54) is 0 Å². The van der Waals surface area contributed by atoms with Crippen LogP contribution < -0.4 is 39.4 Å². The van der Waals surface area contributed by atoms with E-state index in [0.29, 0.717) is 28.1 Å². The van der Waals surface area contributed by atoms with Gasteiger partial charge in [-0.1, -0.05) is 16.8 Å². The summed E-state index contributed by atoms with van der Waals surface area (Å²) in [4.78, 5) is 15.1. The number of halogens is 1. The molecule has 0 aliphatic rings. The maximum Gasteiger partial charge on any atom is 1.00 e. The van der Waals surface area contributed by atoms with Crippen molar-refractivity contribution in [3.63, 3.8) is 0 Å². The van der Waals surface area contributed by atoms with Crippen LogP contribution in [0.1, 0.15) is 20.3 Å². The summed E-state index contributed by atoms with van der Waals surface area (Å²) in [6.45, 7) is 4.10. The Morgan fingerprint density at radius 3 is 2.71 bits per heavy atom. The Bertz CT molecular complexity index is 1220. The molecule has 8 nitrogen and oxygen atoms in total. The zero-order chi connectivity index (χ0) is 21.3. The van der Waals surface area contributed by atoms with Crippen LogP contribution in [0.3, 0.4) is 0 Å². The van der Waals surface area contributed by atoms with E-state index in [4.69, 9.17) is 20.9 Å². The first-order chi connectivity index (χ1) is 14.4. The van der Waals surface area contributed by atoms with Gasteiger partial charge in [0, 0.05) is 35.4 Å². The fourth-order valence-electron chi connectivity index (χ4n) is 3.04. The number of carboxylic acids is 1. The molecule has 0 saturated carbocycles. The van der Waals surface area contributed by atoms with Gasteiger partial charge in [0.25, 0.3) is 5.89 Å². The topological polar surface area (TPSA) is 106 Å². The maximum atomic E-state index is 10.7. The van der Waals surface area contributed by atoms with Gasteiger partial charge in [-0.3, -0.25) is 4.68 Å². The third-order valence-electron chi connectivity index (χ3n) is 4.40. The Kier molecular flexibility index (Phi) is 7.38. The molecule has 0 aliphatic heterocycles. The van der Waals surface area contributed by atoms with Gasteiger partial charge in [0.05, 0.1) is 22.8 Å². The van der Waals surface area contributed by atoms with Crippen molar-refractivity contribution in [3.8, 4) is 28.6 Å². The van der Waals surface area contributed by atoms with Crippen molar-refractivity contribution in [2.75, 3.05) is 0 Å². The number of nitrogens with zero attached hydrogens (tertiary/aromatic N) is 4. The summed E-state index contributed by atoms with van der Waals surface area (Å²) in [6, 6.07) is 10.9. The third-order valence-corrected chi connectivity index (χ3v) is 4.69. The summed E-state index contributed by atoms with van der Waals surface area (Å²) in [6.07, 6.45) is 1.59. The van der Waals surface area contributed by atoms with Gasteiger partial charge < -0.3 is 19.2 Å². The zero-order valence-electron chi connectivity index (χ0n) is 17.3. The smallest absolute Gasteiger partial charge is 0.550 e. The van der Waals surface area contributed by atoms with Crippen LogP contribution in [0.25, 0.3) is 33.7 Å². The third kappa shape index (κ3) is 5.27. The van der Waals surface area contributed by atoms with Crippen LogP contribution >= 0.6 is 11.6 Å². The Balaban J connectivity index is 0.00000272. The molecule has 0 atom stereocenters. The van der Waals surface area contributed by atoms with Gasteiger partial charge in [-0.25, -0.2) is 0 Å². The van der Waals surface area contributed by atoms with Crippen molar-refractivity contribution in [1.82, 2.24) is 19.9 Å². The van der Waals surface area contributed by atoms with Gasteiger partial charge in [0.15, 0.2) is 0 Å². The minimum Gasteiger partial charge on any atom is -0.550 e. The van der Waals surface area contributed by atoms with E-state index >= 15 is 0 Å². The molecule has 154 valence electrons. The first kappa shape index (κ1) is 23.3. The summed E-state index contributed by atoms with van der Waals surface area (Å²) in [7, 11) is 0. The summed E-state index contributed by atoms with van der Waals surface area (Å²) in [5.74, 6) is 0.246. The number of fused-ring (bicyclic) bond motifs is 1. The van der Waals surface area contributed by atoms with Gasteiger partial charge in [0.1, 0.15) is 5.75 Å². The number of hydrogen-bond donors (Lipinski definition) is 0. The van der Waals surface area contributed by atoms with Crippen molar-refractivity contribution in [3.05, 3.63) is 47.6 Å². The molecule has 0 radical (unpaired) electrons. The van der Waals surface area contributed by atoms with Gasteiger partial charge in [-0.05, 0) is 50.2 Å². The molecule has 0 N–H and O–H groups in total. The molecule has 0 spiro atoms. The minimum absolute atomic E-state index is 0. The molecule has 4 rings (SSSR count). The number of aryl methyl sites for hydroxylation is 1. The van der Waals surface area contributed by atoms with E-state index in [-0.39, 0.29) is 48.6 Å². The number of ether oxygens (including phenoxy) is 1. The number of hydrogen-bond acceptors (Lipinski definition) is 7. The standard InChI is InChI=1S/C21H19ClN4O4.Na/c1-12(2)29-18-6-4-14(10-16(18)22)21-24-20(25-30-21)13-3-5-17-15(9-13)11-23-26(17)8-7-19(27)28;/h3-6,9-12H,7-8H2,1-2H3,(H,27,28);/q;+1/p-1. The second-order valence-electron chi connectivity index (χ2n) is 7.00. The molecule has 0 unspecified atom stereocenters. The van der Waals surface area contributed by atoms with Crippen molar-refractivity contribution in [2.24, 2.45) is 0 Å². The molecule has 2 aromatic carbocycles. The van der Waals surface area contributed by atoms with Crippen LogP contribution in [0.15, 0.2) is 47.1 Å². The Morgan fingerprint density at radius 2 is 2.00 bits per heavy atom. The van der Waals surface area contributed by atoms with Crippen molar-refractivity contribution >= 4 is 28.5 Å². The van der Waals surface area contributed by atoms with Crippen molar-refractivity contribution in [1.29, 1.82) is 0 Å². The van der Waals surface area contributed by atoms with Crippen LogP contribution in [0.5, 0.6) is 5.75 Å². The van der Waals surface area contributed by atoms with E-state index in [9.17, 15) is 9.90 Å². The molecule has 0 amide bonds. The van der Waals surface area contributed by atoms with Crippen LogP contribution in [0.2, 0.25) is 5.02 Å². The molecular formula is C21H18ClN4NaO4. The number of rotatable bonds is 7. The van der Waals surface area contributed by atoms with E-state index in [0.717, 1.165) is 16.5 Å². The molecule has 4 aromatic rings. The van der Waals surface area contributed by atoms with Gasteiger partial charge in [0.2, 0.25) is 5.82 Å². The van der Waals surface area contributed by atoms with E-state index < -0.39 is 5.97 Å². The summed E-state index contributed by atoms with van der Waals surface area (Å²) < 4.78 is 12.7. The molecule has 2 aromatic heterocycles. The van der Waals surface area contributed by atoms with Crippen LogP contribution in [0.4, 0.5) is 0 Å². The van der Waals surface area contributed by atoms with Gasteiger partial charge in [-0.2, -0.15) is 10.1 Å². The monoisotopic (exact) mass is 448 g/mol. The Morgan fingerprint density at radius 1 is 1.23 bits per heavy atom. The number of carboxylic acid groups (broad SMARTS) is 1. The second kappa shape index (κ2) is 9.82. The number of carbonyl (C=O) groups is 1. The Hall–Kier alpha value is -2.39. The second-order valence-corrected chi connectivity index (χ2v) is 7.41. The van der Waals surface area contributed by atoms with Gasteiger partial charge >= 0.3 is 29.6 Å². The summed E-state index contributed by atoms with van der Waals surface area (Å²) >= 11 is 6.30. The predicted octanol–water partition coefficient (Wildman–Crippen LogP) is 0.338. The SMILES string of the molecule is CC(C)Oc1ccc(-c2nc(-c3ccc4c(cnn4CCC(=O)[O-])c3)no2)cc1Cl.[Na+]. The molecule has 0 aliphatic carbocycles. The molecule has 0 bridgehead atoms. The number of benzene rings is 2. The number of aliphatic carboxylic acids is 1. The zero-order valence-corrected chi connectivity index (χ0v) is 20.1. The minimum atomic E-state index is -1.11. The molecule has 10 heteroatoms. The average molecular weight is 449 g/mol. The first-order valence-electron chi connectivity index (χ1n) is 9.37. The first-order valence-corrected chi connectivity index (χ1v) is 9.74. The van der Waals surface area contributed by atoms with Crippen LogP contribution in [-0.4, -0.2) is 32.0 Å². The molecular weight excluding hydrogens is 431 g/mol. The van der Waals surface area contributed by atoms with E-state index in [2.05, 4.69) is 15.2 Å². The predicted molar refractivity (Wildman–Crippen MR) is 109 cm³/mol. The largest absolute Gasteiger partial charge is 1.00 e.